The van der Waals surface area contributed by atoms with Gasteiger partial charge in [-0.25, -0.2) is 0 Å². The molecule has 1 aromatic rings. The van der Waals surface area contributed by atoms with E-state index in [-0.39, 0.29) is 5.92 Å². The van der Waals surface area contributed by atoms with E-state index >= 15 is 0 Å². The van der Waals surface area contributed by atoms with E-state index in [0.717, 1.165) is 31.4 Å². The first-order valence-corrected chi connectivity index (χ1v) is 6.93. The fourth-order valence-corrected chi connectivity index (χ4v) is 2.63. The first-order valence-electron chi connectivity index (χ1n) is 6.93. The van der Waals surface area contributed by atoms with Crippen LogP contribution in [0.25, 0.3) is 0 Å². The Morgan fingerprint density at radius 1 is 1.11 bits per heavy atom. The van der Waals surface area contributed by atoms with Gasteiger partial charge in [-0.2, -0.15) is 0 Å². The molecular weight excluding hydrogens is 224 g/mol. The van der Waals surface area contributed by atoms with E-state index in [1.165, 1.54) is 5.56 Å². The molecule has 2 heteroatoms. The van der Waals surface area contributed by atoms with Crippen molar-refractivity contribution in [3.8, 4) is 5.75 Å². The Balaban J connectivity index is 2.90. The fourth-order valence-electron chi connectivity index (χ4n) is 2.63. The third kappa shape index (κ3) is 3.49. The molecule has 0 amide bonds. The number of hydrogen-bond donors (Lipinski definition) is 1. The molecule has 1 atom stereocenters. The van der Waals surface area contributed by atoms with Gasteiger partial charge in [-0.15, -0.1) is 0 Å². The van der Waals surface area contributed by atoms with Crippen LogP contribution in [0, 0.1) is 0 Å². The highest BCUT2D eigenvalue weighted by Gasteiger charge is 2.32. The molecule has 2 nitrogen and oxygen atoms in total. The minimum atomic E-state index is -0.585. The molecule has 0 aromatic heterocycles. The second-order valence-corrected chi connectivity index (χ2v) is 5.10. The topological polar surface area (TPSA) is 29.5 Å². The standard InChI is InChI=1S/C16H26O2/c1-5-11-16(17,12-6-2)13(3)14-7-9-15(18-4)10-8-14/h7-10,13,17H,5-6,11-12H2,1-4H3. The van der Waals surface area contributed by atoms with Gasteiger partial charge < -0.3 is 9.84 Å². The Morgan fingerprint density at radius 2 is 1.61 bits per heavy atom. The molecule has 0 spiro atoms. The lowest BCUT2D eigenvalue weighted by molar-refractivity contribution is -0.000931. The van der Waals surface area contributed by atoms with Gasteiger partial charge in [0.05, 0.1) is 12.7 Å². The van der Waals surface area contributed by atoms with Crippen molar-refractivity contribution in [1.29, 1.82) is 0 Å². The minimum absolute atomic E-state index is 0.156. The molecule has 0 radical (unpaired) electrons. The van der Waals surface area contributed by atoms with Crippen LogP contribution in [0.5, 0.6) is 5.75 Å². The largest absolute Gasteiger partial charge is 0.497 e. The maximum Gasteiger partial charge on any atom is 0.118 e. The third-order valence-electron chi connectivity index (χ3n) is 3.79. The Labute approximate surface area is 111 Å². The highest BCUT2D eigenvalue weighted by Crippen LogP contribution is 2.36. The quantitative estimate of drug-likeness (QED) is 0.788. The number of ether oxygens (including phenoxy) is 1. The first-order chi connectivity index (χ1) is 8.57. The van der Waals surface area contributed by atoms with Gasteiger partial charge in [-0.05, 0) is 30.5 Å². The Bertz CT molecular complexity index is 337. The van der Waals surface area contributed by atoms with E-state index < -0.39 is 5.60 Å². The SMILES string of the molecule is CCCC(O)(CCC)C(C)c1ccc(OC)cc1. The monoisotopic (exact) mass is 250 g/mol. The van der Waals surface area contributed by atoms with Gasteiger partial charge in [0.1, 0.15) is 5.75 Å². The van der Waals surface area contributed by atoms with Crippen molar-refractivity contribution in [3.05, 3.63) is 29.8 Å². The third-order valence-corrected chi connectivity index (χ3v) is 3.79. The Hall–Kier alpha value is -1.02. The number of hydrogen-bond acceptors (Lipinski definition) is 2. The molecule has 0 bridgehead atoms. The van der Waals surface area contributed by atoms with Crippen molar-refractivity contribution < 1.29 is 9.84 Å². The maximum absolute atomic E-state index is 10.8. The van der Waals surface area contributed by atoms with Gasteiger partial charge in [-0.1, -0.05) is 45.7 Å². The number of methoxy groups -OCH3 is 1. The maximum atomic E-state index is 10.8. The van der Waals surface area contributed by atoms with E-state index in [4.69, 9.17) is 4.74 Å². The molecule has 1 aromatic carbocycles. The molecule has 102 valence electrons. The Morgan fingerprint density at radius 3 is 2.00 bits per heavy atom. The minimum Gasteiger partial charge on any atom is -0.497 e. The number of benzene rings is 1. The predicted molar refractivity (Wildman–Crippen MR) is 76.2 cm³/mol. The molecule has 1 rings (SSSR count). The highest BCUT2D eigenvalue weighted by molar-refractivity contribution is 5.30. The van der Waals surface area contributed by atoms with E-state index in [0.29, 0.717) is 0 Å². The van der Waals surface area contributed by atoms with Crippen LogP contribution < -0.4 is 4.74 Å². The predicted octanol–water partition coefficient (Wildman–Crippen LogP) is 4.13. The first kappa shape index (κ1) is 15.0. The summed E-state index contributed by atoms with van der Waals surface area (Å²) in [6.45, 7) is 6.37. The van der Waals surface area contributed by atoms with Crippen molar-refractivity contribution in [1.82, 2.24) is 0 Å². The summed E-state index contributed by atoms with van der Waals surface area (Å²) in [5.41, 5.74) is 0.596. The van der Waals surface area contributed by atoms with Crippen LogP contribution in [0.2, 0.25) is 0 Å². The van der Waals surface area contributed by atoms with Crippen LogP contribution in [0.4, 0.5) is 0 Å². The van der Waals surface area contributed by atoms with Crippen molar-refractivity contribution in [2.45, 2.75) is 58.0 Å². The summed E-state index contributed by atoms with van der Waals surface area (Å²) in [6.07, 6.45) is 3.73. The summed E-state index contributed by atoms with van der Waals surface area (Å²) in [5.74, 6) is 1.02. The molecule has 0 fully saturated rings. The lowest BCUT2D eigenvalue weighted by Crippen LogP contribution is -2.34. The summed E-state index contributed by atoms with van der Waals surface area (Å²) >= 11 is 0. The van der Waals surface area contributed by atoms with E-state index in [9.17, 15) is 5.11 Å². The average molecular weight is 250 g/mol. The molecule has 0 aliphatic heterocycles. The van der Waals surface area contributed by atoms with Gasteiger partial charge >= 0.3 is 0 Å². The summed E-state index contributed by atoms with van der Waals surface area (Å²) < 4.78 is 5.17. The highest BCUT2D eigenvalue weighted by atomic mass is 16.5. The van der Waals surface area contributed by atoms with E-state index in [1.54, 1.807) is 7.11 Å². The molecular formula is C16H26O2. The van der Waals surface area contributed by atoms with Gasteiger partial charge in [0, 0.05) is 5.92 Å². The zero-order valence-electron chi connectivity index (χ0n) is 12.1. The molecule has 0 aliphatic rings. The number of rotatable bonds is 7. The van der Waals surface area contributed by atoms with E-state index in [2.05, 4.69) is 32.9 Å². The molecule has 0 saturated heterocycles. The van der Waals surface area contributed by atoms with Gasteiger partial charge in [0.15, 0.2) is 0 Å². The van der Waals surface area contributed by atoms with Crippen molar-refractivity contribution in [2.24, 2.45) is 0 Å². The molecule has 0 aliphatic carbocycles. The second-order valence-electron chi connectivity index (χ2n) is 5.10. The average Bonchev–Trinajstić information content (AvgIpc) is 2.38. The summed E-state index contributed by atoms with van der Waals surface area (Å²) in [5, 5.41) is 10.8. The molecule has 1 unspecified atom stereocenters. The normalized spacial score (nSPS) is 13.4. The smallest absolute Gasteiger partial charge is 0.118 e. The molecule has 0 saturated carbocycles. The van der Waals surface area contributed by atoms with Gasteiger partial charge in [0.25, 0.3) is 0 Å². The summed E-state index contributed by atoms with van der Waals surface area (Å²) in [6, 6.07) is 8.04. The summed E-state index contributed by atoms with van der Waals surface area (Å²) in [7, 11) is 1.67. The van der Waals surface area contributed by atoms with Crippen LogP contribution in [-0.2, 0) is 0 Å². The second kappa shape index (κ2) is 6.79. The zero-order valence-corrected chi connectivity index (χ0v) is 12.1. The van der Waals surface area contributed by atoms with Crippen molar-refractivity contribution in [2.75, 3.05) is 7.11 Å². The van der Waals surface area contributed by atoms with Crippen LogP contribution in [0.1, 0.15) is 57.9 Å². The van der Waals surface area contributed by atoms with Crippen LogP contribution >= 0.6 is 0 Å². The van der Waals surface area contributed by atoms with Crippen LogP contribution in [0.15, 0.2) is 24.3 Å². The lowest BCUT2D eigenvalue weighted by Gasteiger charge is -2.34. The van der Waals surface area contributed by atoms with Gasteiger partial charge in [0.2, 0.25) is 0 Å². The van der Waals surface area contributed by atoms with E-state index in [1.807, 2.05) is 12.1 Å². The zero-order chi connectivity index (χ0) is 13.6. The van der Waals surface area contributed by atoms with Gasteiger partial charge in [-0.3, -0.25) is 0 Å². The van der Waals surface area contributed by atoms with Crippen LogP contribution in [-0.4, -0.2) is 17.8 Å². The molecule has 1 N–H and O–H groups in total. The fraction of sp³-hybridized carbons (Fsp3) is 0.625. The lowest BCUT2D eigenvalue weighted by atomic mass is 9.77. The summed E-state index contributed by atoms with van der Waals surface area (Å²) in [4.78, 5) is 0. The Kier molecular flexibility index (Phi) is 5.67. The van der Waals surface area contributed by atoms with Crippen molar-refractivity contribution >= 4 is 0 Å². The van der Waals surface area contributed by atoms with Crippen LogP contribution in [0.3, 0.4) is 0 Å². The van der Waals surface area contributed by atoms with Crippen molar-refractivity contribution in [3.63, 3.8) is 0 Å². The number of aliphatic hydroxyl groups is 1. The molecule has 0 heterocycles. The molecule has 18 heavy (non-hydrogen) atoms.